The van der Waals surface area contributed by atoms with Crippen LogP contribution in [0.15, 0.2) is 67.0 Å². The summed E-state index contributed by atoms with van der Waals surface area (Å²) in [6.07, 6.45) is -1.75. The van der Waals surface area contributed by atoms with Gasteiger partial charge in [-0.2, -0.15) is 13.2 Å². The van der Waals surface area contributed by atoms with Crippen LogP contribution in [0.4, 0.5) is 18.9 Å². The second-order valence-corrected chi connectivity index (χ2v) is 10.4. The number of amides is 2. The van der Waals surface area contributed by atoms with E-state index in [9.17, 15) is 27.9 Å². The van der Waals surface area contributed by atoms with Gasteiger partial charge in [0.25, 0.3) is 11.8 Å². The average molecular weight is 571 g/mol. The SMILES string of the molecule is C[C@@H]1CN([C@@H](C)CO)C(=O)c2cc(NC(=O)c3ccncc3)ccc2O[C@@H]1CN(C)Cc1ccc(C(F)(F)F)cc1. The number of ether oxygens (including phenoxy) is 1. The molecule has 0 aliphatic carbocycles. The molecule has 0 saturated carbocycles. The third-order valence-corrected chi connectivity index (χ3v) is 7.09. The highest BCUT2D eigenvalue weighted by Gasteiger charge is 2.34. The lowest BCUT2D eigenvalue weighted by molar-refractivity contribution is -0.137. The zero-order valence-corrected chi connectivity index (χ0v) is 23.1. The largest absolute Gasteiger partial charge is 0.488 e. The summed E-state index contributed by atoms with van der Waals surface area (Å²) in [5.74, 6) is -0.484. The lowest BCUT2D eigenvalue weighted by atomic mass is 9.99. The molecule has 0 fully saturated rings. The third kappa shape index (κ3) is 7.42. The molecule has 11 heteroatoms. The molecule has 2 aromatic carbocycles. The Morgan fingerprint density at radius 2 is 1.85 bits per heavy atom. The van der Waals surface area contributed by atoms with Crippen molar-refractivity contribution < 1.29 is 32.6 Å². The number of pyridine rings is 1. The highest BCUT2D eigenvalue weighted by molar-refractivity contribution is 6.05. The first kappa shape index (κ1) is 30.0. The Morgan fingerprint density at radius 3 is 2.49 bits per heavy atom. The number of aromatic nitrogens is 1. The standard InChI is InChI=1S/C30H33F3N4O4/c1-19-15-37(20(2)18-38)29(40)25-14-24(35-28(39)22-10-12-34-13-11-22)8-9-26(25)41-27(19)17-36(3)16-21-4-6-23(7-5-21)30(31,32)33/h4-14,19-20,27,38H,15-18H2,1-3H3,(H,35,39)/t19-,20+,27-/m1/s1. The van der Waals surface area contributed by atoms with Crippen LogP contribution in [0.5, 0.6) is 5.75 Å². The van der Waals surface area contributed by atoms with Crippen LogP contribution < -0.4 is 10.1 Å². The number of likely N-dealkylation sites (N-methyl/N-ethyl adjacent to an activating group) is 1. The minimum absolute atomic E-state index is 0.137. The van der Waals surface area contributed by atoms with Crippen molar-refractivity contribution in [3.05, 3.63) is 89.2 Å². The fraction of sp³-hybridized carbons (Fsp3) is 0.367. The Hall–Kier alpha value is -3.96. The van der Waals surface area contributed by atoms with Crippen LogP contribution in [-0.4, -0.2) is 70.6 Å². The number of benzene rings is 2. The van der Waals surface area contributed by atoms with E-state index in [0.29, 0.717) is 36.6 Å². The van der Waals surface area contributed by atoms with Crippen LogP contribution >= 0.6 is 0 Å². The summed E-state index contributed by atoms with van der Waals surface area (Å²) < 4.78 is 45.2. The molecule has 0 bridgehead atoms. The van der Waals surface area contributed by atoms with Crippen LogP contribution in [0.2, 0.25) is 0 Å². The fourth-order valence-electron chi connectivity index (χ4n) is 4.71. The lowest BCUT2D eigenvalue weighted by Gasteiger charge is -2.38. The molecule has 218 valence electrons. The smallest absolute Gasteiger partial charge is 0.416 e. The van der Waals surface area contributed by atoms with Gasteiger partial charge in [-0.25, -0.2) is 0 Å². The highest BCUT2D eigenvalue weighted by atomic mass is 19.4. The van der Waals surface area contributed by atoms with Gasteiger partial charge in [-0.15, -0.1) is 0 Å². The number of rotatable bonds is 8. The Bertz CT molecular complexity index is 1350. The van der Waals surface area contributed by atoms with Crippen molar-refractivity contribution in [2.75, 3.05) is 32.1 Å². The van der Waals surface area contributed by atoms with E-state index in [4.69, 9.17) is 4.74 Å². The summed E-state index contributed by atoms with van der Waals surface area (Å²) in [5.41, 5.74) is 1.09. The van der Waals surface area contributed by atoms with Crippen LogP contribution in [-0.2, 0) is 12.7 Å². The Labute approximate surface area is 236 Å². The van der Waals surface area contributed by atoms with Gasteiger partial charge < -0.3 is 20.1 Å². The summed E-state index contributed by atoms with van der Waals surface area (Å²) in [6, 6.07) is 12.6. The Balaban J connectivity index is 1.56. The molecule has 1 aromatic heterocycles. The van der Waals surface area contributed by atoms with Gasteiger partial charge in [0.15, 0.2) is 0 Å². The second-order valence-electron chi connectivity index (χ2n) is 10.4. The van der Waals surface area contributed by atoms with E-state index in [1.54, 1.807) is 42.2 Å². The third-order valence-electron chi connectivity index (χ3n) is 7.09. The van der Waals surface area contributed by atoms with E-state index in [1.165, 1.54) is 24.5 Å². The molecule has 0 spiro atoms. The van der Waals surface area contributed by atoms with E-state index < -0.39 is 17.8 Å². The maximum atomic E-state index is 13.6. The predicted octanol–water partition coefficient (Wildman–Crippen LogP) is 4.70. The number of nitrogens with zero attached hydrogens (tertiary/aromatic N) is 3. The van der Waals surface area contributed by atoms with Crippen LogP contribution in [0.1, 0.15) is 45.7 Å². The zero-order valence-electron chi connectivity index (χ0n) is 23.1. The molecule has 3 aromatic rings. The summed E-state index contributed by atoms with van der Waals surface area (Å²) >= 11 is 0. The molecule has 3 atom stereocenters. The van der Waals surface area contributed by atoms with Crippen molar-refractivity contribution in [3.63, 3.8) is 0 Å². The maximum absolute atomic E-state index is 13.6. The Morgan fingerprint density at radius 1 is 1.17 bits per heavy atom. The van der Waals surface area contributed by atoms with Crippen LogP contribution in [0.25, 0.3) is 0 Å². The van der Waals surface area contributed by atoms with Crippen LogP contribution in [0, 0.1) is 5.92 Å². The van der Waals surface area contributed by atoms with Crippen molar-refractivity contribution in [2.24, 2.45) is 5.92 Å². The van der Waals surface area contributed by atoms with Crippen molar-refractivity contribution in [1.82, 2.24) is 14.8 Å². The Kier molecular flexibility index (Phi) is 9.29. The van der Waals surface area contributed by atoms with Crippen LogP contribution in [0.3, 0.4) is 0 Å². The molecule has 2 heterocycles. The van der Waals surface area contributed by atoms with Gasteiger partial charge in [0.1, 0.15) is 11.9 Å². The number of aliphatic hydroxyl groups is 1. The van der Waals surface area contributed by atoms with Crippen molar-refractivity contribution >= 4 is 17.5 Å². The van der Waals surface area contributed by atoms with E-state index in [-0.39, 0.29) is 36.0 Å². The van der Waals surface area contributed by atoms with E-state index >= 15 is 0 Å². The second kappa shape index (κ2) is 12.7. The number of carbonyl (C=O) groups is 2. The monoisotopic (exact) mass is 570 g/mol. The van der Waals surface area contributed by atoms with Crippen molar-refractivity contribution in [3.8, 4) is 5.75 Å². The first-order valence-corrected chi connectivity index (χ1v) is 13.2. The van der Waals surface area contributed by atoms with E-state index in [2.05, 4.69) is 10.3 Å². The molecule has 1 aliphatic heterocycles. The number of hydrogen-bond acceptors (Lipinski definition) is 6. The molecule has 0 radical (unpaired) electrons. The van der Waals surface area contributed by atoms with Crippen molar-refractivity contribution in [2.45, 2.75) is 38.7 Å². The molecular weight excluding hydrogens is 537 g/mol. The molecule has 4 rings (SSSR count). The predicted molar refractivity (Wildman–Crippen MR) is 148 cm³/mol. The molecule has 1 aliphatic rings. The fourth-order valence-corrected chi connectivity index (χ4v) is 4.71. The molecule has 2 amide bonds. The number of anilines is 1. The van der Waals surface area contributed by atoms with E-state index in [0.717, 1.165) is 17.7 Å². The summed E-state index contributed by atoms with van der Waals surface area (Å²) in [5, 5.41) is 12.7. The average Bonchev–Trinajstić information content (AvgIpc) is 2.95. The highest BCUT2D eigenvalue weighted by Crippen LogP contribution is 2.32. The number of fused-ring (bicyclic) bond motifs is 1. The number of aliphatic hydroxyl groups excluding tert-OH is 1. The van der Waals surface area contributed by atoms with Gasteiger partial charge in [0.2, 0.25) is 0 Å². The number of alkyl halides is 3. The zero-order chi connectivity index (χ0) is 29.7. The minimum Gasteiger partial charge on any atom is -0.488 e. The maximum Gasteiger partial charge on any atom is 0.416 e. The molecule has 2 N–H and O–H groups in total. The number of hydrogen-bond donors (Lipinski definition) is 2. The first-order valence-electron chi connectivity index (χ1n) is 13.2. The number of nitrogens with one attached hydrogen (secondary N) is 1. The first-order chi connectivity index (χ1) is 19.5. The van der Waals surface area contributed by atoms with Gasteiger partial charge in [-0.1, -0.05) is 19.1 Å². The number of halogens is 3. The van der Waals surface area contributed by atoms with Gasteiger partial charge >= 0.3 is 6.18 Å². The summed E-state index contributed by atoms with van der Waals surface area (Å²) in [7, 11) is 1.85. The molecule has 41 heavy (non-hydrogen) atoms. The van der Waals surface area contributed by atoms with Gasteiger partial charge in [-0.05, 0) is 62.0 Å². The number of carbonyl (C=O) groups excluding carboxylic acids is 2. The summed E-state index contributed by atoms with van der Waals surface area (Å²) in [6.45, 7) is 4.62. The molecular formula is C30H33F3N4O4. The summed E-state index contributed by atoms with van der Waals surface area (Å²) in [4.78, 5) is 33.8. The van der Waals surface area contributed by atoms with E-state index in [1.807, 2.05) is 18.9 Å². The lowest BCUT2D eigenvalue weighted by Crippen LogP contribution is -2.49. The molecule has 0 unspecified atom stereocenters. The quantitative estimate of drug-likeness (QED) is 0.408. The van der Waals surface area contributed by atoms with Gasteiger partial charge in [0.05, 0.1) is 23.8 Å². The van der Waals surface area contributed by atoms with Crippen molar-refractivity contribution in [1.29, 1.82) is 0 Å². The molecule has 0 saturated heterocycles. The molecule has 8 nitrogen and oxygen atoms in total. The minimum atomic E-state index is -4.39. The van der Waals surface area contributed by atoms with Gasteiger partial charge in [-0.3, -0.25) is 19.5 Å². The van der Waals surface area contributed by atoms with Gasteiger partial charge in [0, 0.05) is 49.2 Å². The topological polar surface area (TPSA) is 95.0 Å². The normalized spacial score (nSPS) is 18.2.